The third-order valence-corrected chi connectivity index (χ3v) is 1.67. The Hall–Kier alpha value is -0.690. The van der Waals surface area contributed by atoms with E-state index in [-0.39, 0.29) is 5.75 Å². The molecular weight excluding hydrogens is 148 g/mol. The van der Waals surface area contributed by atoms with E-state index in [0.29, 0.717) is 5.88 Å². The van der Waals surface area contributed by atoms with Crippen LogP contribution >= 0.6 is 11.6 Å². The van der Waals surface area contributed by atoms with Crippen molar-refractivity contribution in [2.45, 2.75) is 12.8 Å². The van der Waals surface area contributed by atoms with E-state index in [1.165, 1.54) is 0 Å². The second-order valence-corrected chi connectivity index (χ2v) is 2.53. The molecule has 10 heavy (non-hydrogen) atoms. The maximum atomic E-state index is 9.15. The summed E-state index contributed by atoms with van der Waals surface area (Å²) in [6, 6.07) is 5.39. The molecule has 0 aromatic heterocycles. The Morgan fingerprint density at radius 2 is 2.20 bits per heavy atom. The van der Waals surface area contributed by atoms with Gasteiger partial charge in [-0.15, -0.1) is 11.6 Å². The van der Waals surface area contributed by atoms with Crippen LogP contribution in [-0.4, -0.2) is 5.11 Å². The van der Waals surface area contributed by atoms with Gasteiger partial charge < -0.3 is 5.11 Å². The van der Waals surface area contributed by atoms with Crippen LogP contribution in [-0.2, 0) is 5.88 Å². The van der Waals surface area contributed by atoms with Gasteiger partial charge in [-0.05, 0) is 13.0 Å². The molecule has 1 nitrogen and oxygen atoms in total. The van der Waals surface area contributed by atoms with Gasteiger partial charge in [0, 0.05) is 5.56 Å². The number of aryl methyl sites for hydroxylation is 1. The molecule has 2 heteroatoms. The average molecular weight is 157 g/mol. The van der Waals surface area contributed by atoms with E-state index in [1.807, 2.05) is 19.1 Å². The van der Waals surface area contributed by atoms with Crippen LogP contribution in [0.4, 0.5) is 0 Å². The number of halogens is 1. The molecule has 0 bridgehead atoms. The fourth-order valence-corrected chi connectivity index (χ4v) is 1.04. The van der Waals surface area contributed by atoms with Crippen molar-refractivity contribution < 1.29 is 5.11 Å². The summed E-state index contributed by atoms with van der Waals surface area (Å²) in [5.41, 5.74) is 1.91. The Morgan fingerprint density at radius 1 is 1.50 bits per heavy atom. The maximum Gasteiger partial charge on any atom is 0.119 e. The highest BCUT2D eigenvalue weighted by atomic mass is 35.5. The maximum absolute atomic E-state index is 9.15. The molecule has 0 spiro atoms. The Bertz CT molecular complexity index is 233. The monoisotopic (exact) mass is 156 g/mol. The average Bonchev–Trinajstić information content (AvgIpc) is 1.94. The molecule has 1 aromatic rings. The SMILES string of the molecule is Cc1ccc(O)c(CCl)c1. The van der Waals surface area contributed by atoms with Gasteiger partial charge in [0.05, 0.1) is 5.88 Å². The predicted molar refractivity (Wildman–Crippen MR) is 42.4 cm³/mol. The third-order valence-electron chi connectivity index (χ3n) is 1.38. The smallest absolute Gasteiger partial charge is 0.119 e. The molecule has 1 rings (SSSR count). The van der Waals surface area contributed by atoms with E-state index in [1.54, 1.807) is 6.07 Å². The van der Waals surface area contributed by atoms with Gasteiger partial charge in [0.15, 0.2) is 0 Å². The lowest BCUT2D eigenvalue weighted by molar-refractivity contribution is 0.470. The van der Waals surface area contributed by atoms with Crippen molar-refractivity contribution in [3.8, 4) is 5.75 Å². The highest BCUT2D eigenvalue weighted by molar-refractivity contribution is 6.17. The number of hydrogen-bond acceptors (Lipinski definition) is 1. The first-order valence-corrected chi connectivity index (χ1v) is 3.62. The molecule has 0 atom stereocenters. The van der Waals surface area contributed by atoms with Crippen LogP contribution in [0, 0.1) is 6.92 Å². The Kier molecular flexibility index (Phi) is 2.17. The predicted octanol–water partition coefficient (Wildman–Crippen LogP) is 2.44. The minimum Gasteiger partial charge on any atom is -0.508 e. The molecule has 0 saturated carbocycles. The lowest BCUT2D eigenvalue weighted by Gasteiger charge is -1.99. The van der Waals surface area contributed by atoms with Crippen LogP contribution in [0.3, 0.4) is 0 Å². The van der Waals surface area contributed by atoms with Crippen LogP contribution in [0.1, 0.15) is 11.1 Å². The molecule has 0 fully saturated rings. The lowest BCUT2D eigenvalue weighted by Crippen LogP contribution is -1.80. The summed E-state index contributed by atoms with van der Waals surface area (Å²) in [7, 11) is 0. The fraction of sp³-hybridized carbons (Fsp3) is 0.250. The second-order valence-electron chi connectivity index (χ2n) is 2.27. The number of aromatic hydroxyl groups is 1. The van der Waals surface area contributed by atoms with Gasteiger partial charge in [0.1, 0.15) is 5.75 Å². The Labute approximate surface area is 65.3 Å². The molecule has 54 valence electrons. The molecule has 0 heterocycles. The van der Waals surface area contributed by atoms with Crippen LogP contribution in [0.2, 0.25) is 0 Å². The fourth-order valence-electron chi connectivity index (χ4n) is 0.821. The van der Waals surface area contributed by atoms with E-state index < -0.39 is 0 Å². The molecule has 0 saturated heterocycles. The number of phenols is 1. The first kappa shape index (κ1) is 7.42. The molecule has 0 unspecified atom stereocenters. The van der Waals surface area contributed by atoms with Crippen molar-refractivity contribution in [1.82, 2.24) is 0 Å². The van der Waals surface area contributed by atoms with E-state index in [2.05, 4.69) is 0 Å². The molecule has 1 aromatic carbocycles. The van der Waals surface area contributed by atoms with Crippen LogP contribution in [0.5, 0.6) is 5.75 Å². The van der Waals surface area contributed by atoms with Crippen molar-refractivity contribution in [3.63, 3.8) is 0 Å². The standard InChI is InChI=1S/C8H9ClO/c1-6-2-3-8(10)7(4-6)5-9/h2-4,10H,5H2,1H3. The summed E-state index contributed by atoms with van der Waals surface area (Å²) >= 11 is 5.54. The van der Waals surface area contributed by atoms with Crippen molar-refractivity contribution in [2.75, 3.05) is 0 Å². The third kappa shape index (κ3) is 1.42. The van der Waals surface area contributed by atoms with E-state index in [4.69, 9.17) is 16.7 Å². The van der Waals surface area contributed by atoms with Crippen molar-refractivity contribution in [1.29, 1.82) is 0 Å². The molecule has 1 N–H and O–H groups in total. The number of benzene rings is 1. The van der Waals surface area contributed by atoms with Gasteiger partial charge in [-0.3, -0.25) is 0 Å². The molecule has 0 aliphatic carbocycles. The van der Waals surface area contributed by atoms with Crippen LogP contribution in [0.15, 0.2) is 18.2 Å². The zero-order valence-electron chi connectivity index (χ0n) is 5.76. The molecule has 0 aliphatic heterocycles. The first-order valence-electron chi connectivity index (χ1n) is 3.08. The van der Waals surface area contributed by atoms with E-state index in [9.17, 15) is 0 Å². The van der Waals surface area contributed by atoms with Crippen LogP contribution in [0.25, 0.3) is 0 Å². The topological polar surface area (TPSA) is 20.2 Å². The number of alkyl halides is 1. The molecule has 0 amide bonds. The number of hydrogen-bond donors (Lipinski definition) is 1. The Morgan fingerprint density at radius 3 is 2.70 bits per heavy atom. The van der Waals surface area contributed by atoms with Gasteiger partial charge in [-0.2, -0.15) is 0 Å². The molecule has 0 radical (unpaired) electrons. The summed E-state index contributed by atoms with van der Waals surface area (Å²) in [4.78, 5) is 0. The zero-order valence-corrected chi connectivity index (χ0v) is 6.52. The van der Waals surface area contributed by atoms with Gasteiger partial charge in [0.25, 0.3) is 0 Å². The van der Waals surface area contributed by atoms with Crippen molar-refractivity contribution in [3.05, 3.63) is 29.3 Å². The van der Waals surface area contributed by atoms with E-state index >= 15 is 0 Å². The minimum atomic E-state index is 0.278. The number of phenolic OH excluding ortho intramolecular Hbond substituents is 1. The van der Waals surface area contributed by atoms with Gasteiger partial charge in [-0.1, -0.05) is 17.7 Å². The summed E-state index contributed by atoms with van der Waals surface area (Å²) < 4.78 is 0. The molecular formula is C8H9ClO. The first-order chi connectivity index (χ1) is 4.74. The van der Waals surface area contributed by atoms with Crippen molar-refractivity contribution in [2.24, 2.45) is 0 Å². The van der Waals surface area contributed by atoms with Gasteiger partial charge in [0.2, 0.25) is 0 Å². The largest absolute Gasteiger partial charge is 0.508 e. The van der Waals surface area contributed by atoms with Crippen LogP contribution < -0.4 is 0 Å². The van der Waals surface area contributed by atoms with Gasteiger partial charge >= 0.3 is 0 Å². The molecule has 0 aliphatic rings. The summed E-state index contributed by atoms with van der Waals surface area (Å²) in [6.07, 6.45) is 0. The number of rotatable bonds is 1. The van der Waals surface area contributed by atoms with Gasteiger partial charge in [-0.25, -0.2) is 0 Å². The zero-order chi connectivity index (χ0) is 7.56. The summed E-state index contributed by atoms with van der Waals surface area (Å²) in [5, 5.41) is 9.15. The summed E-state index contributed by atoms with van der Waals surface area (Å²) in [5.74, 6) is 0.647. The summed E-state index contributed by atoms with van der Waals surface area (Å²) in [6.45, 7) is 1.97. The normalized spacial score (nSPS) is 9.80. The van der Waals surface area contributed by atoms with Crippen molar-refractivity contribution >= 4 is 11.6 Å². The van der Waals surface area contributed by atoms with E-state index in [0.717, 1.165) is 11.1 Å². The highest BCUT2D eigenvalue weighted by Gasteiger charge is 1.97. The lowest BCUT2D eigenvalue weighted by atomic mass is 10.1. The second kappa shape index (κ2) is 2.93. The highest BCUT2D eigenvalue weighted by Crippen LogP contribution is 2.19. The quantitative estimate of drug-likeness (QED) is 0.620. The Balaban J connectivity index is 3.09. The minimum absolute atomic E-state index is 0.278.